The molecule has 2 heterocycles. The van der Waals surface area contributed by atoms with Crippen LogP contribution in [0.5, 0.6) is 0 Å². The third-order valence-corrected chi connectivity index (χ3v) is 11.7. The SMILES string of the molecule is CC1(C)c2ccccc2Sc2cc(N(c3ccc4c(c3)c3c5ccccc5ccc3n4-c3ccccc3)c3cccc4ccccc34)ccc21. The number of rotatable bonds is 4. The van der Waals surface area contributed by atoms with Gasteiger partial charge in [-0.3, -0.25) is 0 Å². The molecule has 0 bridgehead atoms. The monoisotopic (exact) mass is 658 g/mol. The number of hydrogen-bond donors (Lipinski definition) is 0. The van der Waals surface area contributed by atoms with Crippen LogP contribution in [0.3, 0.4) is 0 Å². The summed E-state index contributed by atoms with van der Waals surface area (Å²) in [5, 5.41) is 7.49. The molecule has 0 amide bonds. The van der Waals surface area contributed by atoms with Crippen LogP contribution in [0, 0.1) is 0 Å². The van der Waals surface area contributed by atoms with E-state index in [2.05, 4.69) is 193 Å². The number of hydrogen-bond acceptors (Lipinski definition) is 2. The highest BCUT2D eigenvalue weighted by Gasteiger charge is 2.33. The summed E-state index contributed by atoms with van der Waals surface area (Å²) >= 11 is 1.89. The lowest BCUT2D eigenvalue weighted by molar-refractivity contribution is 0.607. The van der Waals surface area contributed by atoms with Crippen molar-refractivity contribution >= 4 is 72.2 Å². The van der Waals surface area contributed by atoms with E-state index in [0.717, 1.165) is 17.1 Å². The van der Waals surface area contributed by atoms with Crippen LogP contribution in [0.2, 0.25) is 0 Å². The normalized spacial score (nSPS) is 13.5. The number of para-hydroxylation sites is 1. The minimum Gasteiger partial charge on any atom is -0.310 e. The van der Waals surface area contributed by atoms with Gasteiger partial charge < -0.3 is 9.47 Å². The first-order valence-electron chi connectivity index (χ1n) is 17.3. The molecular formula is C47H34N2S. The van der Waals surface area contributed by atoms with Crippen LogP contribution in [-0.4, -0.2) is 4.57 Å². The fourth-order valence-electron chi connectivity index (χ4n) is 8.19. The van der Waals surface area contributed by atoms with E-state index in [1.807, 2.05) is 11.8 Å². The maximum absolute atomic E-state index is 2.47. The second kappa shape index (κ2) is 11.1. The maximum Gasteiger partial charge on any atom is 0.0547 e. The van der Waals surface area contributed by atoms with Crippen LogP contribution in [0.4, 0.5) is 17.1 Å². The second-order valence-electron chi connectivity index (χ2n) is 13.8. The first-order valence-corrected chi connectivity index (χ1v) is 18.1. The highest BCUT2D eigenvalue weighted by molar-refractivity contribution is 7.99. The van der Waals surface area contributed by atoms with Gasteiger partial charge in [0.1, 0.15) is 0 Å². The van der Waals surface area contributed by atoms with Crippen molar-refractivity contribution in [3.63, 3.8) is 0 Å². The molecule has 0 aliphatic carbocycles. The predicted octanol–water partition coefficient (Wildman–Crippen LogP) is 13.4. The summed E-state index contributed by atoms with van der Waals surface area (Å²) in [6, 6.07) is 62.4. The van der Waals surface area contributed by atoms with Gasteiger partial charge in [-0.15, -0.1) is 0 Å². The Balaban J connectivity index is 1.26. The van der Waals surface area contributed by atoms with Crippen LogP contribution in [-0.2, 0) is 5.41 Å². The lowest BCUT2D eigenvalue weighted by atomic mass is 9.77. The van der Waals surface area contributed by atoms with Crippen molar-refractivity contribution in [2.24, 2.45) is 0 Å². The molecule has 2 nitrogen and oxygen atoms in total. The molecule has 8 aromatic carbocycles. The summed E-state index contributed by atoms with van der Waals surface area (Å²) in [6.07, 6.45) is 0. The van der Waals surface area contributed by atoms with Gasteiger partial charge in [-0.1, -0.05) is 135 Å². The van der Waals surface area contributed by atoms with E-state index >= 15 is 0 Å². The van der Waals surface area contributed by atoms with Crippen molar-refractivity contribution < 1.29 is 0 Å². The highest BCUT2D eigenvalue weighted by atomic mass is 32.2. The fraction of sp³-hybridized carbons (Fsp3) is 0.0638. The van der Waals surface area contributed by atoms with E-state index < -0.39 is 0 Å². The topological polar surface area (TPSA) is 8.17 Å². The minimum absolute atomic E-state index is 0.0841. The molecule has 3 heteroatoms. The van der Waals surface area contributed by atoms with E-state index in [-0.39, 0.29) is 5.41 Å². The van der Waals surface area contributed by atoms with Gasteiger partial charge in [0, 0.05) is 48.4 Å². The highest BCUT2D eigenvalue weighted by Crippen LogP contribution is 2.51. The summed E-state index contributed by atoms with van der Waals surface area (Å²) < 4.78 is 2.41. The van der Waals surface area contributed by atoms with Gasteiger partial charge in [-0.2, -0.15) is 0 Å². The largest absolute Gasteiger partial charge is 0.310 e. The molecule has 0 N–H and O–H groups in total. The lowest BCUT2D eigenvalue weighted by Gasteiger charge is -2.36. The Morgan fingerprint density at radius 2 is 1.12 bits per heavy atom. The van der Waals surface area contributed by atoms with Crippen LogP contribution in [0.15, 0.2) is 180 Å². The van der Waals surface area contributed by atoms with Crippen molar-refractivity contribution in [2.75, 3.05) is 4.90 Å². The maximum atomic E-state index is 2.47. The zero-order chi connectivity index (χ0) is 33.4. The molecule has 238 valence electrons. The first-order chi connectivity index (χ1) is 24.6. The van der Waals surface area contributed by atoms with Crippen LogP contribution in [0.1, 0.15) is 25.0 Å². The number of nitrogens with zero attached hydrogens (tertiary/aromatic N) is 2. The lowest BCUT2D eigenvalue weighted by Crippen LogP contribution is -2.24. The molecule has 0 radical (unpaired) electrons. The summed E-state index contributed by atoms with van der Waals surface area (Å²) in [6.45, 7) is 4.71. The molecule has 0 unspecified atom stereocenters. The number of aromatic nitrogens is 1. The molecular weight excluding hydrogens is 625 g/mol. The molecule has 0 saturated heterocycles. The van der Waals surface area contributed by atoms with E-state index in [1.165, 1.54) is 70.0 Å². The Hall–Kier alpha value is -5.77. The predicted molar refractivity (Wildman–Crippen MR) is 213 cm³/mol. The Labute approximate surface area is 296 Å². The van der Waals surface area contributed by atoms with Crippen LogP contribution < -0.4 is 4.90 Å². The zero-order valence-electron chi connectivity index (χ0n) is 28.0. The van der Waals surface area contributed by atoms with Crippen molar-refractivity contribution in [3.8, 4) is 5.69 Å². The van der Waals surface area contributed by atoms with Gasteiger partial charge in [0.2, 0.25) is 0 Å². The standard InChI is InChI=1S/C47H34N2S/c1-47(2)39-20-10-11-22-44(39)50-45-30-35(24-26-40(45)47)48(41-21-12-15-31-13-6-8-18-36(31)41)34-25-28-42-38(29-34)46-37-19-9-7-14-32(37)23-27-43(46)49(42)33-16-4-3-5-17-33/h3-30H,1-2H3. The molecule has 1 aromatic heterocycles. The van der Waals surface area contributed by atoms with Gasteiger partial charge >= 0.3 is 0 Å². The smallest absolute Gasteiger partial charge is 0.0547 e. The van der Waals surface area contributed by atoms with Crippen molar-refractivity contribution in [2.45, 2.75) is 29.1 Å². The van der Waals surface area contributed by atoms with Gasteiger partial charge in [0.15, 0.2) is 0 Å². The first kappa shape index (κ1) is 29.2. The summed E-state index contributed by atoms with van der Waals surface area (Å²) in [7, 11) is 0. The molecule has 0 atom stereocenters. The van der Waals surface area contributed by atoms with Crippen LogP contribution in [0.25, 0.3) is 49.0 Å². The number of anilines is 3. The minimum atomic E-state index is -0.0841. The molecule has 0 fully saturated rings. The van der Waals surface area contributed by atoms with Crippen molar-refractivity contribution in [1.82, 2.24) is 4.57 Å². The van der Waals surface area contributed by atoms with Gasteiger partial charge in [0.05, 0.1) is 16.7 Å². The van der Waals surface area contributed by atoms with E-state index in [9.17, 15) is 0 Å². The third-order valence-electron chi connectivity index (χ3n) is 10.6. The molecule has 50 heavy (non-hydrogen) atoms. The Kier molecular flexibility index (Phi) is 6.49. The average molecular weight is 659 g/mol. The molecule has 10 rings (SSSR count). The summed E-state index contributed by atoms with van der Waals surface area (Å²) in [5.41, 5.74) is 9.70. The molecule has 1 aliphatic rings. The fourth-order valence-corrected chi connectivity index (χ4v) is 9.62. The molecule has 9 aromatic rings. The number of fused-ring (bicyclic) bond motifs is 8. The van der Waals surface area contributed by atoms with Gasteiger partial charge in [0.25, 0.3) is 0 Å². The Bertz CT molecular complexity index is 2770. The number of benzene rings is 8. The Morgan fingerprint density at radius 1 is 0.480 bits per heavy atom. The van der Waals surface area contributed by atoms with E-state index in [4.69, 9.17) is 0 Å². The summed E-state index contributed by atoms with van der Waals surface area (Å²) in [5.74, 6) is 0. The van der Waals surface area contributed by atoms with E-state index in [0.29, 0.717) is 0 Å². The van der Waals surface area contributed by atoms with E-state index in [1.54, 1.807) is 0 Å². The molecule has 1 aliphatic heterocycles. The second-order valence-corrected chi connectivity index (χ2v) is 14.9. The Morgan fingerprint density at radius 3 is 1.98 bits per heavy atom. The van der Waals surface area contributed by atoms with Crippen molar-refractivity contribution in [3.05, 3.63) is 181 Å². The summed E-state index contributed by atoms with van der Waals surface area (Å²) in [4.78, 5) is 5.11. The van der Waals surface area contributed by atoms with Crippen molar-refractivity contribution in [1.29, 1.82) is 0 Å². The third kappa shape index (κ3) is 4.37. The van der Waals surface area contributed by atoms with Gasteiger partial charge in [-0.05, 0) is 87.9 Å². The molecule has 0 saturated carbocycles. The molecule has 0 spiro atoms. The zero-order valence-corrected chi connectivity index (χ0v) is 28.8. The quantitative estimate of drug-likeness (QED) is 0.186. The average Bonchev–Trinajstić information content (AvgIpc) is 3.50. The van der Waals surface area contributed by atoms with Crippen LogP contribution >= 0.6 is 11.8 Å². The van der Waals surface area contributed by atoms with Gasteiger partial charge in [-0.25, -0.2) is 0 Å².